The minimum absolute atomic E-state index is 0.0745. The van der Waals surface area contributed by atoms with Crippen molar-refractivity contribution in [1.29, 1.82) is 0 Å². The van der Waals surface area contributed by atoms with Gasteiger partial charge in [-0.25, -0.2) is 0 Å². The minimum atomic E-state index is -0.695. The topological polar surface area (TPSA) is 70.0 Å². The van der Waals surface area contributed by atoms with Gasteiger partial charge in [-0.1, -0.05) is 42.0 Å². The Bertz CT molecular complexity index is 743. The van der Waals surface area contributed by atoms with Crippen molar-refractivity contribution in [3.63, 3.8) is 0 Å². The molecule has 0 radical (unpaired) electrons. The van der Waals surface area contributed by atoms with Crippen molar-refractivity contribution >= 4 is 5.91 Å². The van der Waals surface area contributed by atoms with Crippen LogP contribution in [0.4, 0.5) is 0 Å². The monoisotopic (exact) mass is 413 g/mol. The molecule has 30 heavy (non-hydrogen) atoms. The smallest absolute Gasteiger partial charge is 0.222 e. The van der Waals surface area contributed by atoms with Crippen LogP contribution in [0, 0.1) is 17.8 Å². The Morgan fingerprint density at radius 1 is 1.27 bits per heavy atom. The molecule has 5 atom stereocenters. The van der Waals surface area contributed by atoms with E-state index in [2.05, 4.69) is 6.08 Å². The van der Waals surface area contributed by atoms with Gasteiger partial charge in [0.2, 0.25) is 5.91 Å². The molecule has 1 fully saturated rings. The number of para-hydroxylation sites is 1. The Balaban J connectivity index is 1.43. The van der Waals surface area contributed by atoms with E-state index in [1.165, 1.54) is 5.57 Å². The SMILES string of the molecule is CN(C)C(=O)CCCCC1=C[C@H]2C[C@@H](O)[C@H](C=C[C@@H](O)COc3ccccc3)[C@H]2C1. The number of carbonyl (C=O) groups excluding carboxylic acids is 1. The predicted molar refractivity (Wildman–Crippen MR) is 118 cm³/mol. The summed E-state index contributed by atoms with van der Waals surface area (Å²) in [5.74, 6) is 1.84. The quantitative estimate of drug-likeness (QED) is 0.454. The lowest BCUT2D eigenvalue weighted by molar-refractivity contribution is -0.128. The molecule has 164 valence electrons. The highest BCUT2D eigenvalue weighted by Crippen LogP contribution is 2.48. The summed E-state index contributed by atoms with van der Waals surface area (Å²) in [5, 5.41) is 20.7. The fourth-order valence-corrected chi connectivity index (χ4v) is 4.65. The van der Waals surface area contributed by atoms with E-state index >= 15 is 0 Å². The Labute approximate surface area is 180 Å². The number of ether oxygens (including phenoxy) is 1. The van der Waals surface area contributed by atoms with Gasteiger partial charge in [-0.3, -0.25) is 4.79 Å². The summed E-state index contributed by atoms with van der Waals surface area (Å²) in [7, 11) is 3.60. The zero-order valence-electron chi connectivity index (χ0n) is 18.1. The third kappa shape index (κ3) is 6.19. The van der Waals surface area contributed by atoms with E-state index in [0.717, 1.165) is 37.9 Å². The zero-order chi connectivity index (χ0) is 21.5. The molecule has 0 aliphatic heterocycles. The number of unbranched alkanes of at least 4 members (excludes halogenated alkanes) is 1. The van der Waals surface area contributed by atoms with E-state index in [1.54, 1.807) is 25.1 Å². The number of nitrogens with zero attached hydrogens (tertiary/aromatic N) is 1. The van der Waals surface area contributed by atoms with E-state index in [9.17, 15) is 15.0 Å². The van der Waals surface area contributed by atoms with Gasteiger partial charge in [0.05, 0.1) is 6.10 Å². The maximum absolute atomic E-state index is 11.7. The fraction of sp³-hybridized carbons (Fsp3) is 0.560. The van der Waals surface area contributed by atoms with E-state index in [-0.39, 0.29) is 24.5 Å². The van der Waals surface area contributed by atoms with E-state index in [4.69, 9.17) is 4.74 Å². The zero-order valence-corrected chi connectivity index (χ0v) is 18.1. The van der Waals surface area contributed by atoms with Gasteiger partial charge in [-0.2, -0.15) is 0 Å². The summed E-state index contributed by atoms with van der Waals surface area (Å²) in [6.45, 7) is 0.201. The highest BCUT2D eigenvalue weighted by atomic mass is 16.5. The lowest BCUT2D eigenvalue weighted by atomic mass is 9.88. The summed E-state index contributed by atoms with van der Waals surface area (Å²) in [4.78, 5) is 13.3. The molecule has 3 rings (SSSR count). The van der Waals surface area contributed by atoms with E-state index < -0.39 is 6.10 Å². The van der Waals surface area contributed by atoms with Crippen molar-refractivity contribution in [3.05, 3.63) is 54.1 Å². The molecule has 0 bridgehead atoms. The van der Waals surface area contributed by atoms with Gasteiger partial charge in [-0.15, -0.1) is 0 Å². The molecule has 0 spiro atoms. The average molecular weight is 414 g/mol. The first-order valence-electron chi connectivity index (χ1n) is 11.1. The summed E-state index contributed by atoms with van der Waals surface area (Å²) < 4.78 is 5.60. The molecule has 2 N–H and O–H groups in total. The fourth-order valence-electron chi connectivity index (χ4n) is 4.65. The second-order valence-corrected chi connectivity index (χ2v) is 8.81. The van der Waals surface area contributed by atoms with Gasteiger partial charge in [0, 0.05) is 26.4 Å². The Morgan fingerprint density at radius 2 is 2.03 bits per heavy atom. The minimum Gasteiger partial charge on any atom is -0.491 e. The van der Waals surface area contributed by atoms with Crippen molar-refractivity contribution < 1.29 is 19.7 Å². The van der Waals surface area contributed by atoms with Gasteiger partial charge >= 0.3 is 0 Å². The number of hydrogen-bond donors (Lipinski definition) is 2. The molecule has 5 heteroatoms. The summed E-state index contributed by atoms with van der Waals surface area (Å²) in [6.07, 6.45) is 10.5. The lowest BCUT2D eigenvalue weighted by Crippen LogP contribution is -2.21. The van der Waals surface area contributed by atoms with Gasteiger partial charge in [0.1, 0.15) is 18.5 Å². The Morgan fingerprint density at radius 3 is 2.77 bits per heavy atom. The number of fused-ring (bicyclic) bond motifs is 1. The van der Waals surface area contributed by atoms with Crippen LogP contribution in [0.15, 0.2) is 54.1 Å². The number of aliphatic hydroxyl groups excluding tert-OH is 2. The van der Waals surface area contributed by atoms with Gasteiger partial charge in [-0.05, 0) is 56.1 Å². The summed E-state index contributed by atoms with van der Waals surface area (Å²) in [5.41, 5.74) is 1.46. The number of carbonyl (C=O) groups is 1. The second kappa shape index (κ2) is 10.8. The molecule has 1 saturated carbocycles. The molecule has 0 saturated heterocycles. The van der Waals surface area contributed by atoms with Crippen LogP contribution in [0.5, 0.6) is 5.75 Å². The number of hydrogen-bond acceptors (Lipinski definition) is 4. The lowest BCUT2D eigenvalue weighted by Gasteiger charge is -2.19. The van der Waals surface area contributed by atoms with Crippen LogP contribution < -0.4 is 4.74 Å². The van der Waals surface area contributed by atoms with Crippen LogP contribution in [-0.2, 0) is 4.79 Å². The van der Waals surface area contributed by atoms with Crippen LogP contribution >= 0.6 is 0 Å². The molecule has 0 unspecified atom stereocenters. The highest BCUT2D eigenvalue weighted by molar-refractivity contribution is 5.75. The van der Waals surface area contributed by atoms with Crippen LogP contribution in [0.3, 0.4) is 0 Å². The molecule has 2 aliphatic carbocycles. The largest absolute Gasteiger partial charge is 0.491 e. The maximum atomic E-state index is 11.7. The van der Waals surface area contributed by atoms with Crippen molar-refractivity contribution in [2.45, 2.75) is 50.7 Å². The molecule has 2 aliphatic rings. The molecule has 1 amide bonds. The predicted octanol–water partition coefficient (Wildman–Crippen LogP) is 3.57. The van der Waals surface area contributed by atoms with Gasteiger partial charge in [0.15, 0.2) is 0 Å². The Hall–Kier alpha value is -2.11. The molecule has 1 aromatic rings. The number of allylic oxidation sites excluding steroid dienone is 2. The summed E-state index contributed by atoms with van der Waals surface area (Å²) >= 11 is 0. The first kappa shape index (κ1) is 22.6. The normalized spacial score (nSPS) is 26.5. The molecule has 5 nitrogen and oxygen atoms in total. The molecule has 1 aromatic carbocycles. The third-order valence-corrected chi connectivity index (χ3v) is 6.31. The first-order chi connectivity index (χ1) is 14.4. The number of benzene rings is 1. The van der Waals surface area contributed by atoms with E-state index in [1.807, 2.05) is 36.4 Å². The van der Waals surface area contributed by atoms with Crippen molar-refractivity contribution in [2.75, 3.05) is 20.7 Å². The number of rotatable bonds is 10. The summed E-state index contributed by atoms with van der Waals surface area (Å²) in [6, 6.07) is 9.46. The molecular weight excluding hydrogens is 378 g/mol. The van der Waals surface area contributed by atoms with Crippen molar-refractivity contribution in [3.8, 4) is 5.75 Å². The maximum Gasteiger partial charge on any atom is 0.222 e. The molecule has 0 aromatic heterocycles. The highest BCUT2D eigenvalue weighted by Gasteiger charge is 2.43. The molecule has 0 heterocycles. The first-order valence-corrected chi connectivity index (χ1v) is 11.1. The second-order valence-electron chi connectivity index (χ2n) is 8.81. The Kier molecular flexibility index (Phi) is 8.11. The third-order valence-electron chi connectivity index (χ3n) is 6.31. The van der Waals surface area contributed by atoms with Gasteiger partial charge in [0.25, 0.3) is 0 Å². The van der Waals surface area contributed by atoms with Crippen molar-refractivity contribution in [2.24, 2.45) is 17.8 Å². The van der Waals surface area contributed by atoms with Crippen LogP contribution in [0.1, 0.15) is 38.5 Å². The average Bonchev–Trinajstić information content (AvgIpc) is 3.25. The van der Waals surface area contributed by atoms with E-state index in [0.29, 0.717) is 18.3 Å². The van der Waals surface area contributed by atoms with Crippen LogP contribution in [-0.4, -0.2) is 53.9 Å². The van der Waals surface area contributed by atoms with Crippen LogP contribution in [0.25, 0.3) is 0 Å². The van der Waals surface area contributed by atoms with Gasteiger partial charge < -0.3 is 19.8 Å². The standard InChI is InChI=1S/C25H35NO4/c1-26(2)25(29)11-7-6-8-18-14-19-16-24(28)22(23(19)15-18)13-12-20(27)17-30-21-9-4-3-5-10-21/h3-5,9-10,12-14,19-20,22-24,27-28H,6-8,11,15-17H2,1-2H3/t19-,20+,22+,23-,24+/m0/s1. The number of aliphatic hydroxyl groups is 2. The van der Waals surface area contributed by atoms with Crippen molar-refractivity contribution in [1.82, 2.24) is 4.90 Å². The molecular formula is C25H35NO4. The van der Waals surface area contributed by atoms with Crippen LogP contribution in [0.2, 0.25) is 0 Å². The number of amides is 1.